The lowest BCUT2D eigenvalue weighted by molar-refractivity contribution is -0.133. The molecule has 0 radical (unpaired) electrons. The Balaban J connectivity index is 1.67. The van der Waals surface area contributed by atoms with Gasteiger partial charge in [0.2, 0.25) is 11.8 Å². The van der Waals surface area contributed by atoms with Crippen LogP contribution in [0.4, 0.5) is 8.78 Å². The molecule has 184 valence electrons. The highest BCUT2D eigenvalue weighted by Gasteiger charge is 2.41. The number of aliphatic hydroxyl groups excluding tert-OH is 1. The van der Waals surface area contributed by atoms with Gasteiger partial charge in [-0.05, 0) is 49.8 Å². The molecule has 2 fully saturated rings. The van der Waals surface area contributed by atoms with Gasteiger partial charge in [-0.2, -0.15) is 0 Å². The Kier molecular flexibility index (Phi) is 9.17. The molecule has 1 heterocycles. The van der Waals surface area contributed by atoms with Crippen LogP contribution < -0.4 is 16.0 Å². The van der Waals surface area contributed by atoms with Gasteiger partial charge in [0.15, 0.2) is 0 Å². The molecule has 2 atom stereocenters. The van der Waals surface area contributed by atoms with E-state index in [1.807, 2.05) is 0 Å². The van der Waals surface area contributed by atoms with Crippen molar-refractivity contribution in [3.8, 4) is 0 Å². The highest BCUT2D eigenvalue weighted by atomic mass is 19.1. The van der Waals surface area contributed by atoms with Crippen LogP contribution in [0.5, 0.6) is 0 Å². The summed E-state index contributed by atoms with van der Waals surface area (Å²) in [4.78, 5) is 25.0. The lowest BCUT2D eigenvalue weighted by atomic mass is 9.87. The first-order valence-electron chi connectivity index (χ1n) is 11.8. The summed E-state index contributed by atoms with van der Waals surface area (Å²) in [6.45, 7) is 2.20. The number of benzene rings is 1. The highest BCUT2D eigenvalue weighted by molar-refractivity contribution is 5.86. The SMILES string of the molecule is CC(=O)NC(Cc1cc(F)cc(F)c1)C(O)CNC1(C(=O)NC2CCCCC2)CCOCC1. The van der Waals surface area contributed by atoms with Crippen LogP contribution >= 0.6 is 0 Å². The largest absolute Gasteiger partial charge is 0.390 e. The molecule has 1 saturated carbocycles. The molecule has 7 nitrogen and oxygen atoms in total. The highest BCUT2D eigenvalue weighted by Crippen LogP contribution is 2.24. The second-order valence-electron chi connectivity index (χ2n) is 9.24. The van der Waals surface area contributed by atoms with E-state index in [9.17, 15) is 23.5 Å². The Hall–Kier alpha value is -2.10. The zero-order chi connectivity index (χ0) is 23.8. The fraction of sp³-hybridized carbons (Fsp3) is 0.667. The fourth-order valence-corrected chi connectivity index (χ4v) is 4.74. The second kappa shape index (κ2) is 11.9. The number of aliphatic hydroxyl groups is 1. The predicted molar refractivity (Wildman–Crippen MR) is 119 cm³/mol. The van der Waals surface area contributed by atoms with Gasteiger partial charge in [0.05, 0.1) is 12.1 Å². The van der Waals surface area contributed by atoms with Crippen molar-refractivity contribution in [2.24, 2.45) is 0 Å². The van der Waals surface area contributed by atoms with E-state index in [-0.39, 0.29) is 30.8 Å². The Morgan fingerprint density at radius 3 is 2.36 bits per heavy atom. The molecule has 2 aliphatic rings. The molecule has 1 aromatic carbocycles. The van der Waals surface area contributed by atoms with E-state index in [4.69, 9.17) is 4.74 Å². The lowest BCUT2D eigenvalue weighted by Crippen LogP contribution is -2.63. The Morgan fingerprint density at radius 1 is 1.12 bits per heavy atom. The number of halogens is 2. The number of ether oxygens (including phenoxy) is 1. The van der Waals surface area contributed by atoms with E-state index < -0.39 is 29.3 Å². The van der Waals surface area contributed by atoms with Gasteiger partial charge in [0.25, 0.3) is 0 Å². The monoisotopic (exact) mass is 467 g/mol. The van der Waals surface area contributed by atoms with Crippen molar-refractivity contribution >= 4 is 11.8 Å². The van der Waals surface area contributed by atoms with Crippen molar-refractivity contribution in [2.45, 2.75) is 82.0 Å². The maximum atomic E-state index is 13.6. The normalized spacial score (nSPS) is 20.6. The van der Waals surface area contributed by atoms with E-state index in [2.05, 4.69) is 16.0 Å². The summed E-state index contributed by atoms with van der Waals surface area (Å²) < 4.78 is 32.7. The van der Waals surface area contributed by atoms with Crippen LogP contribution in [0.25, 0.3) is 0 Å². The topological polar surface area (TPSA) is 99.7 Å². The Morgan fingerprint density at radius 2 is 1.76 bits per heavy atom. The van der Waals surface area contributed by atoms with Gasteiger partial charge < -0.3 is 25.8 Å². The molecule has 4 N–H and O–H groups in total. The molecule has 3 rings (SSSR count). The first kappa shape index (κ1) is 25.5. The van der Waals surface area contributed by atoms with Gasteiger partial charge in [0, 0.05) is 38.8 Å². The molecule has 1 saturated heterocycles. The average Bonchev–Trinajstić information content (AvgIpc) is 2.77. The summed E-state index contributed by atoms with van der Waals surface area (Å²) in [5.41, 5.74) is -0.552. The van der Waals surface area contributed by atoms with Crippen LogP contribution in [-0.2, 0) is 20.7 Å². The van der Waals surface area contributed by atoms with E-state index in [1.165, 1.54) is 25.5 Å². The van der Waals surface area contributed by atoms with Gasteiger partial charge in [-0.1, -0.05) is 19.3 Å². The van der Waals surface area contributed by atoms with Crippen molar-refractivity contribution in [3.05, 3.63) is 35.4 Å². The lowest BCUT2D eigenvalue weighted by Gasteiger charge is -2.39. The summed E-state index contributed by atoms with van der Waals surface area (Å²) >= 11 is 0. The molecule has 1 aliphatic carbocycles. The average molecular weight is 468 g/mol. The van der Waals surface area contributed by atoms with Gasteiger partial charge >= 0.3 is 0 Å². The maximum absolute atomic E-state index is 13.6. The van der Waals surface area contributed by atoms with E-state index >= 15 is 0 Å². The summed E-state index contributed by atoms with van der Waals surface area (Å²) in [5.74, 6) is -1.90. The zero-order valence-corrected chi connectivity index (χ0v) is 19.2. The fourth-order valence-electron chi connectivity index (χ4n) is 4.74. The minimum Gasteiger partial charge on any atom is -0.390 e. The molecular formula is C24H35F2N3O4. The minimum atomic E-state index is -1.08. The van der Waals surface area contributed by atoms with Crippen molar-refractivity contribution < 1.29 is 28.2 Å². The van der Waals surface area contributed by atoms with Crippen molar-refractivity contribution in [1.29, 1.82) is 0 Å². The number of nitrogens with one attached hydrogen (secondary N) is 3. The van der Waals surface area contributed by atoms with Crippen molar-refractivity contribution in [1.82, 2.24) is 16.0 Å². The van der Waals surface area contributed by atoms with E-state index in [1.54, 1.807) is 0 Å². The van der Waals surface area contributed by atoms with Crippen molar-refractivity contribution in [2.75, 3.05) is 19.8 Å². The molecule has 9 heteroatoms. The molecule has 1 aromatic rings. The van der Waals surface area contributed by atoms with Gasteiger partial charge in [-0.25, -0.2) is 8.78 Å². The van der Waals surface area contributed by atoms with Crippen LogP contribution in [0.3, 0.4) is 0 Å². The Bertz CT molecular complexity index is 791. The number of hydrogen-bond acceptors (Lipinski definition) is 5. The molecule has 0 bridgehead atoms. The second-order valence-corrected chi connectivity index (χ2v) is 9.24. The zero-order valence-electron chi connectivity index (χ0n) is 19.2. The maximum Gasteiger partial charge on any atom is 0.240 e. The number of amides is 2. The molecule has 2 unspecified atom stereocenters. The van der Waals surface area contributed by atoms with Gasteiger partial charge in [-0.3, -0.25) is 9.59 Å². The standard InChI is InChI=1S/C24H35F2N3O4/c1-16(30)28-21(13-17-11-18(25)14-19(26)12-17)22(31)15-27-24(7-9-33-10-8-24)23(32)29-20-5-3-2-4-6-20/h11-12,14,20-22,27,31H,2-10,13,15H2,1H3,(H,28,30)(H,29,32). The van der Waals surface area contributed by atoms with E-state index in [0.29, 0.717) is 31.6 Å². The summed E-state index contributed by atoms with van der Waals surface area (Å²) in [6, 6.07) is 2.50. The van der Waals surface area contributed by atoms with Gasteiger partial charge in [0.1, 0.15) is 17.2 Å². The number of carbonyl (C=O) groups excluding carboxylic acids is 2. The first-order valence-corrected chi connectivity index (χ1v) is 11.8. The smallest absolute Gasteiger partial charge is 0.240 e. The summed E-state index contributed by atoms with van der Waals surface area (Å²) in [5, 5.41) is 20.0. The molecule has 0 spiro atoms. The number of β-amino-alcohol motifs (C(OH)–C–C–N with tert-alkyl or cyclic N) is 1. The third-order valence-corrected chi connectivity index (χ3v) is 6.60. The van der Waals surface area contributed by atoms with Crippen LogP contribution in [-0.4, -0.2) is 60.4 Å². The first-order chi connectivity index (χ1) is 15.8. The quantitative estimate of drug-likeness (QED) is 0.445. The van der Waals surface area contributed by atoms with Crippen LogP contribution in [0.15, 0.2) is 18.2 Å². The van der Waals surface area contributed by atoms with Crippen molar-refractivity contribution in [3.63, 3.8) is 0 Å². The number of carbonyl (C=O) groups is 2. The third-order valence-electron chi connectivity index (χ3n) is 6.60. The summed E-state index contributed by atoms with van der Waals surface area (Å²) in [6.07, 6.45) is 5.24. The molecule has 0 aromatic heterocycles. The predicted octanol–water partition coefficient (Wildman–Crippen LogP) is 1.96. The molecule has 2 amide bonds. The van der Waals surface area contributed by atoms with Gasteiger partial charge in [-0.15, -0.1) is 0 Å². The number of rotatable bonds is 9. The molecule has 1 aliphatic heterocycles. The van der Waals surface area contributed by atoms with E-state index in [0.717, 1.165) is 31.7 Å². The third kappa shape index (κ3) is 7.45. The number of hydrogen-bond donors (Lipinski definition) is 4. The molecular weight excluding hydrogens is 432 g/mol. The minimum absolute atomic E-state index is 0.0286. The van der Waals surface area contributed by atoms with Crippen LogP contribution in [0, 0.1) is 11.6 Å². The molecule has 33 heavy (non-hydrogen) atoms. The van der Waals surface area contributed by atoms with Crippen LogP contribution in [0.1, 0.15) is 57.4 Å². The Labute approximate surface area is 193 Å². The van der Waals surface area contributed by atoms with Crippen LogP contribution in [0.2, 0.25) is 0 Å². The summed E-state index contributed by atoms with van der Waals surface area (Å²) in [7, 11) is 0.